The van der Waals surface area contributed by atoms with E-state index in [9.17, 15) is 9.59 Å². The number of hydrogen-bond donors (Lipinski definition) is 1. The average molecular weight is 461 g/mol. The molecule has 6 heteroatoms. The number of carbonyl (C=O) groups excluding carboxylic acids is 2. The fraction of sp³-hybridized carbons (Fsp3) is 0.357. The first-order valence-corrected chi connectivity index (χ1v) is 11.8. The van der Waals surface area contributed by atoms with E-state index in [1.165, 1.54) is 5.56 Å². The summed E-state index contributed by atoms with van der Waals surface area (Å²) in [5.74, 6) is 0.235. The monoisotopic (exact) mass is 460 g/mol. The highest BCUT2D eigenvalue weighted by atomic mass is 16.5. The van der Waals surface area contributed by atoms with Crippen molar-refractivity contribution in [2.24, 2.45) is 11.7 Å². The van der Waals surface area contributed by atoms with Crippen molar-refractivity contribution in [3.8, 4) is 16.9 Å². The normalized spacial score (nSPS) is 15.1. The van der Waals surface area contributed by atoms with Crippen LogP contribution in [0.3, 0.4) is 0 Å². The third kappa shape index (κ3) is 4.58. The van der Waals surface area contributed by atoms with Gasteiger partial charge in [-0.15, -0.1) is 0 Å². The molecule has 0 atom stereocenters. The Hall–Kier alpha value is -3.54. The van der Waals surface area contributed by atoms with Crippen LogP contribution in [-0.2, 0) is 9.59 Å². The summed E-state index contributed by atoms with van der Waals surface area (Å²) in [6, 6.07) is 10.4. The molecule has 6 nitrogen and oxygen atoms in total. The maximum Gasteiger partial charge on any atom is 0.246 e. The topological polar surface area (TPSA) is 85.8 Å². The van der Waals surface area contributed by atoms with Crippen molar-refractivity contribution < 1.29 is 18.7 Å². The zero-order valence-electron chi connectivity index (χ0n) is 20.3. The summed E-state index contributed by atoms with van der Waals surface area (Å²) in [6.45, 7) is 9.51. The number of carbonyl (C=O) groups is 2. The molecule has 1 aliphatic rings. The number of fused-ring (bicyclic) bond motifs is 1. The van der Waals surface area contributed by atoms with Crippen LogP contribution in [0.1, 0.15) is 43.4 Å². The summed E-state index contributed by atoms with van der Waals surface area (Å²) in [7, 11) is 0. The predicted octanol–water partition coefficient (Wildman–Crippen LogP) is 5.24. The van der Waals surface area contributed by atoms with Crippen molar-refractivity contribution >= 4 is 28.4 Å². The van der Waals surface area contributed by atoms with Crippen molar-refractivity contribution in [3.05, 3.63) is 59.4 Å². The van der Waals surface area contributed by atoms with Crippen LogP contribution in [0, 0.1) is 19.8 Å². The molecule has 34 heavy (non-hydrogen) atoms. The van der Waals surface area contributed by atoms with Gasteiger partial charge in [-0.1, -0.05) is 29.8 Å². The molecule has 1 aromatic heterocycles. The highest BCUT2D eigenvalue weighted by molar-refractivity contribution is 6.01. The van der Waals surface area contributed by atoms with Gasteiger partial charge in [0, 0.05) is 47.2 Å². The highest BCUT2D eigenvalue weighted by Crippen LogP contribution is 2.41. The summed E-state index contributed by atoms with van der Waals surface area (Å²) in [5, 5.41) is 0.988. The number of allylic oxidation sites excluding steroid dienone is 1. The van der Waals surface area contributed by atoms with Gasteiger partial charge in [0.25, 0.3) is 0 Å². The number of nitrogens with two attached hydrogens (primary N) is 1. The van der Waals surface area contributed by atoms with Crippen LogP contribution < -0.4 is 10.5 Å². The molecule has 4 rings (SSSR count). The second-order valence-corrected chi connectivity index (χ2v) is 9.03. The molecule has 0 bridgehead atoms. The van der Waals surface area contributed by atoms with E-state index in [-0.39, 0.29) is 17.7 Å². The van der Waals surface area contributed by atoms with Gasteiger partial charge in [-0.05, 0) is 57.7 Å². The lowest BCUT2D eigenvalue weighted by molar-refractivity contribution is -0.130. The largest absolute Gasteiger partial charge is 0.493 e. The van der Waals surface area contributed by atoms with Crippen LogP contribution in [-0.4, -0.2) is 36.4 Å². The van der Waals surface area contributed by atoms with Gasteiger partial charge in [-0.3, -0.25) is 9.59 Å². The van der Waals surface area contributed by atoms with Gasteiger partial charge in [-0.2, -0.15) is 0 Å². The van der Waals surface area contributed by atoms with Crippen LogP contribution >= 0.6 is 0 Å². The van der Waals surface area contributed by atoms with E-state index < -0.39 is 0 Å². The Balaban J connectivity index is 1.72. The van der Waals surface area contributed by atoms with Crippen molar-refractivity contribution in [1.82, 2.24) is 4.90 Å². The number of rotatable bonds is 6. The summed E-state index contributed by atoms with van der Waals surface area (Å²) >= 11 is 0. The van der Waals surface area contributed by atoms with Gasteiger partial charge in [-0.25, -0.2) is 0 Å². The number of furan rings is 1. The van der Waals surface area contributed by atoms with Gasteiger partial charge < -0.3 is 19.8 Å². The van der Waals surface area contributed by atoms with Crippen LogP contribution in [0.15, 0.2) is 47.1 Å². The number of amides is 2. The zero-order chi connectivity index (χ0) is 24.4. The van der Waals surface area contributed by atoms with E-state index in [0.29, 0.717) is 32.5 Å². The summed E-state index contributed by atoms with van der Waals surface area (Å²) < 4.78 is 12.0. The lowest BCUT2D eigenvalue weighted by Crippen LogP contribution is -2.41. The first-order chi connectivity index (χ1) is 16.3. The molecule has 1 fully saturated rings. The Morgan fingerprint density at radius 3 is 2.47 bits per heavy atom. The fourth-order valence-corrected chi connectivity index (χ4v) is 4.63. The zero-order valence-corrected chi connectivity index (χ0v) is 20.3. The molecule has 0 unspecified atom stereocenters. The third-order valence-corrected chi connectivity index (χ3v) is 6.67. The lowest BCUT2D eigenvalue weighted by atomic mass is 9.95. The molecule has 2 amide bonds. The second kappa shape index (κ2) is 9.75. The van der Waals surface area contributed by atoms with E-state index in [1.54, 1.807) is 17.2 Å². The Bertz CT molecular complexity index is 1250. The Kier molecular flexibility index (Phi) is 6.77. The molecular weight excluding hydrogens is 428 g/mol. The number of aryl methyl sites for hydroxylation is 2. The number of likely N-dealkylation sites (tertiary alicyclic amines) is 1. The van der Waals surface area contributed by atoms with Gasteiger partial charge in [0.2, 0.25) is 11.8 Å². The minimum Gasteiger partial charge on any atom is -0.493 e. The third-order valence-electron chi connectivity index (χ3n) is 6.67. The van der Waals surface area contributed by atoms with Crippen molar-refractivity contribution in [1.29, 1.82) is 0 Å². The van der Waals surface area contributed by atoms with E-state index in [1.807, 2.05) is 20.8 Å². The van der Waals surface area contributed by atoms with Crippen molar-refractivity contribution in [2.75, 3.05) is 19.7 Å². The molecule has 178 valence electrons. The van der Waals surface area contributed by atoms with Gasteiger partial charge >= 0.3 is 0 Å². The lowest BCUT2D eigenvalue weighted by Gasteiger charge is -2.30. The number of hydrogen-bond acceptors (Lipinski definition) is 4. The molecule has 2 heterocycles. The minimum absolute atomic E-state index is 0.0634. The molecule has 1 aliphatic heterocycles. The SMILES string of the molecule is CCOc1c(/C(C)=C/C(=O)N2CCC(C(N)=O)CC2)cc2c(-c3ccc(C)cc3)coc2c1C. The minimum atomic E-state index is -0.284. The number of benzene rings is 2. The number of nitrogens with zero attached hydrogens (tertiary/aromatic N) is 1. The average Bonchev–Trinajstić information content (AvgIpc) is 3.25. The molecule has 0 saturated carbocycles. The molecule has 0 aliphatic carbocycles. The van der Waals surface area contributed by atoms with Crippen LogP contribution in [0.25, 0.3) is 27.7 Å². The van der Waals surface area contributed by atoms with E-state index >= 15 is 0 Å². The maximum absolute atomic E-state index is 13.0. The van der Waals surface area contributed by atoms with Crippen LogP contribution in [0.2, 0.25) is 0 Å². The van der Waals surface area contributed by atoms with Crippen LogP contribution in [0.5, 0.6) is 5.75 Å². The first kappa shape index (κ1) is 23.6. The summed E-state index contributed by atoms with van der Waals surface area (Å²) in [5.41, 5.74) is 12.1. The number of piperidine rings is 1. The van der Waals surface area contributed by atoms with Crippen molar-refractivity contribution in [3.63, 3.8) is 0 Å². The molecule has 0 radical (unpaired) electrons. The van der Waals surface area contributed by atoms with E-state index in [0.717, 1.165) is 44.5 Å². The van der Waals surface area contributed by atoms with Gasteiger partial charge in [0.1, 0.15) is 11.3 Å². The van der Waals surface area contributed by atoms with Gasteiger partial charge in [0.05, 0.1) is 12.9 Å². The van der Waals surface area contributed by atoms with Crippen LogP contribution in [0.4, 0.5) is 0 Å². The smallest absolute Gasteiger partial charge is 0.246 e. The van der Waals surface area contributed by atoms with E-state index in [4.69, 9.17) is 14.9 Å². The molecule has 1 saturated heterocycles. The molecule has 2 N–H and O–H groups in total. The number of primary amides is 1. The molecule has 2 aromatic carbocycles. The fourth-order valence-electron chi connectivity index (χ4n) is 4.63. The van der Waals surface area contributed by atoms with E-state index in [2.05, 4.69) is 37.3 Å². The summed E-state index contributed by atoms with van der Waals surface area (Å²) in [4.78, 5) is 26.2. The highest BCUT2D eigenvalue weighted by Gasteiger charge is 2.26. The Morgan fingerprint density at radius 1 is 1.18 bits per heavy atom. The maximum atomic E-state index is 13.0. The first-order valence-electron chi connectivity index (χ1n) is 11.8. The standard InChI is InChI=1S/C28H32N2O4/c1-5-33-26-19(4)27-23(24(16-34-27)20-8-6-17(2)7-9-20)15-22(26)18(3)14-25(31)30-12-10-21(11-13-30)28(29)32/h6-9,14-16,21H,5,10-13H2,1-4H3,(H2,29,32)/b18-14+. The molecule has 3 aromatic rings. The van der Waals surface area contributed by atoms with Crippen molar-refractivity contribution in [2.45, 2.75) is 40.5 Å². The number of ether oxygens (including phenoxy) is 1. The molecule has 0 spiro atoms. The molecular formula is C28H32N2O4. The Labute approximate surface area is 200 Å². The summed E-state index contributed by atoms with van der Waals surface area (Å²) in [6.07, 6.45) is 4.67. The second-order valence-electron chi connectivity index (χ2n) is 9.03. The van der Waals surface area contributed by atoms with Gasteiger partial charge in [0.15, 0.2) is 0 Å². The quantitative estimate of drug-likeness (QED) is 0.510. The predicted molar refractivity (Wildman–Crippen MR) is 134 cm³/mol. The Morgan fingerprint density at radius 2 is 1.85 bits per heavy atom.